The molecule has 1 N–H and O–H groups in total. The summed E-state index contributed by atoms with van der Waals surface area (Å²) in [5.41, 5.74) is -3.30. The van der Waals surface area contributed by atoms with Crippen LogP contribution in [0.25, 0.3) is 0 Å². The number of rotatable bonds is 4. The number of fused-ring (bicyclic) bond motifs is 2. The lowest BCUT2D eigenvalue weighted by molar-refractivity contribution is -0.355. The highest BCUT2D eigenvalue weighted by Crippen LogP contribution is 2.63. The standard InChI is InChI=1S/C28H37ClO12/c1-11-18(36-14(4)30)9-19(37-15(5)31)26(8)20(38-16(6)32)10-27(35)12(2)22(29)24-28(41-27,13(3)25(34)40-24)23(21(11)26)39-17(7)33/h11,13,18-24,35H,2,9-10H2,1,3-8H3. The maximum absolute atomic E-state index is 13.2. The van der Waals surface area contributed by atoms with E-state index < -0.39 is 107 Å². The van der Waals surface area contributed by atoms with Gasteiger partial charge < -0.3 is 33.5 Å². The number of ether oxygens (including phenoxy) is 6. The summed E-state index contributed by atoms with van der Waals surface area (Å²) in [6.07, 6.45) is -6.18. The molecular formula is C28H37ClO12. The van der Waals surface area contributed by atoms with Gasteiger partial charge in [0.1, 0.15) is 24.4 Å². The number of halogens is 1. The Balaban J connectivity index is 2.08. The lowest BCUT2D eigenvalue weighted by atomic mass is 9.51. The number of carbonyl (C=O) groups excluding carboxylic acids is 5. The lowest BCUT2D eigenvalue weighted by Crippen LogP contribution is -2.76. The summed E-state index contributed by atoms with van der Waals surface area (Å²) >= 11 is 6.80. The Morgan fingerprint density at radius 2 is 1.49 bits per heavy atom. The Kier molecular flexibility index (Phi) is 8.03. The first-order valence-corrected chi connectivity index (χ1v) is 14.0. The zero-order valence-electron chi connectivity index (χ0n) is 24.1. The van der Waals surface area contributed by atoms with E-state index in [-0.39, 0.29) is 12.0 Å². The van der Waals surface area contributed by atoms with Crippen LogP contribution in [0.3, 0.4) is 0 Å². The van der Waals surface area contributed by atoms with Crippen molar-refractivity contribution >= 4 is 41.4 Å². The summed E-state index contributed by atoms with van der Waals surface area (Å²) in [4.78, 5) is 63.0. The first-order chi connectivity index (χ1) is 18.9. The normalized spacial score (nSPS) is 45.1. The van der Waals surface area contributed by atoms with Crippen molar-refractivity contribution in [2.75, 3.05) is 0 Å². The predicted molar refractivity (Wildman–Crippen MR) is 139 cm³/mol. The highest BCUT2D eigenvalue weighted by atomic mass is 35.5. The molecule has 13 heteroatoms. The molecule has 12 atom stereocenters. The maximum Gasteiger partial charge on any atom is 0.312 e. The topological polar surface area (TPSA) is 161 Å². The Labute approximate surface area is 242 Å². The predicted octanol–water partition coefficient (Wildman–Crippen LogP) is 1.96. The molecule has 0 radical (unpaired) electrons. The molecule has 0 amide bonds. The third-order valence-corrected chi connectivity index (χ3v) is 9.82. The number of hydrogen-bond donors (Lipinski definition) is 1. The first-order valence-electron chi connectivity index (χ1n) is 13.5. The van der Waals surface area contributed by atoms with E-state index in [0.29, 0.717) is 0 Å². The van der Waals surface area contributed by atoms with E-state index in [0.717, 1.165) is 0 Å². The molecule has 0 aromatic carbocycles. The molecule has 3 heterocycles. The average molecular weight is 601 g/mol. The number of esters is 5. The van der Waals surface area contributed by atoms with Crippen LogP contribution in [0.4, 0.5) is 0 Å². The maximum atomic E-state index is 13.2. The summed E-state index contributed by atoms with van der Waals surface area (Å²) < 4.78 is 35.4. The van der Waals surface area contributed by atoms with Crippen LogP contribution in [-0.2, 0) is 52.4 Å². The molecule has 4 rings (SSSR count). The molecule has 3 aliphatic heterocycles. The summed E-state index contributed by atoms with van der Waals surface area (Å²) in [5.74, 6) is -8.42. The number of carbonyl (C=O) groups is 5. The van der Waals surface area contributed by atoms with Crippen molar-refractivity contribution in [1.29, 1.82) is 0 Å². The minimum absolute atomic E-state index is 0.0116. The van der Waals surface area contributed by atoms with E-state index in [1.54, 1.807) is 13.8 Å². The van der Waals surface area contributed by atoms with Gasteiger partial charge in [-0.15, -0.1) is 11.6 Å². The van der Waals surface area contributed by atoms with Gasteiger partial charge in [0.25, 0.3) is 0 Å². The zero-order valence-corrected chi connectivity index (χ0v) is 24.9. The van der Waals surface area contributed by atoms with Gasteiger partial charge in [0.15, 0.2) is 17.5 Å². The summed E-state index contributed by atoms with van der Waals surface area (Å²) in [7, 11) is 0. The Morgan fingerprint density at radius 1 is 0.951 bits per heavy atom. The molecule has 12 unspecified atom stereocenters. The van der Waals surface area contributed by atoms with Gasteiger partial charge in [-0.2, -0.15) is 0 Å². The van der Waals surface area contributed by atoms with Crippen LogP contribution in [0.15, 0.2) is 12.2 Å². The molecule has 0 aromatic heterocycles. The first kappa shape index (κ1) is 31.2. The van der Waals surface area contributed by atoms with E-state index in [2.05, 4.69) is 6.58 Å². The molecule has 12 nitrogen and oxygen atoms in total. The van der Waals surface area contributed by atoms with Crippen molar-refractivity contribution in [2.24, 2.45) is 23.2 Å². The second-order valence-electron chi connectivity index (χ2n) is 11.8. The molecule has 3 saturated heterocycles. The van der Waals surface area contributed by atoms with E-state index in [1.165, 1.54) is 34.6 Å². The van der Waals surface area contributed by atoms with Crippen molar-refractivity contribution < 1.29 is 57.5 Å². The van der Waals surface area contributed by atoms with Crippen molar-refractivity contribution in [1.82, 2.24) is 0 Å². The van der Waals surface area contributed by atoms with Gasteiger partial charge in [0.2, 0.25) is 0 Å². The van der Waals surface area contributed by atoms with Crippen LogP contribution in [-0.4, -0.2) is 82.2 Å². The molecule has 41 heavy (non-hydrogen) atoms. The zero-order chi connectivity index (χ0) is 30.8. The molecule has 1 spiro atoms. The van der Waals surface area contributed by atoms with Crippen LogP contribution in [0.5, 0.6) is 0 Å². The van der Waals surface area contributed by atoms with Crippen LogP contribution in [0.2, 0.25) is 0 Å². The third-order valence-electron chi connectivity index (χ3n) is 9.33. The quantitative estimate of drug-likeness (QED) is 0.216. The number of aliphatic hydroxyl groups is 1. The minimum Gasteiger partial charge on any atom is -0.462 e. The van der Waals surface area contributed by atoms with Crippen LogP contribution < -0.4 is 0 Å². The van der Waals surface area contributed by atoms with Crippen molar-refractivity contribution in [3.05, 3.63) is 12.2 Å². The van der Waals surface area contributed by atoms with Gasteiger partial charge >= 0.3 is 29.8 Å². The molecule has 1 saturated carbocycles. The molecule has 2 bridgehead atoms. The van der Waals surface area contributed by atoms with Gasteiger partial charge in [-0.25, -0.2) is 0 Å². The van der Waals surface area contributed by atoms with E-state index in [1.807, 2.05) is 0 Å². The van der Waals surface area contributed by atoms with Gasteiger partial charge in [-0.1, -0.05) is 20.4 Å². The number of hydrogen-bond acceptors (Lipinski definition) is 12. The second-order valence-corrected chi connectivity index (χ2v) is 12.3. The second kappa shape index (κ2) is 10.5. The van der Waals surface area contributed by atoms with E-state index in [4.69, 9.17) is 40.0 Å². The Bertz CT molecular complexity index is 1170. The molecule has 4 aliphatic rings. The van der Waals surface area contributed by atoms with E-state index >= 15 is 0 Å². The smallest absolute Gasteiger partial charge is 0.312 e. The van der Waals surface area contributed by atoms with Crippen LogP contribution in [0.1, 0.15) is 61.3 Å². The van der Waals surface area contributed by atoms with Gasteiger partial charge in [0, 0.05) is 63.4 Å². The summed E-state index contributed by atoms with van der Waals surface area (Å²) in [6.45, 7) is 13.7. The molecule has 0 aromatic rings. The SMILES string of the molecule is C=C1C(Cl)C2OC(=O)C(C)C23OC1(O)CC(OC(C)=O)C1(C)C(OC(C)=O)CC(OC(C)=O)C(C)C1C3OC(C)=O. The molecular weight excluding hydrogens is 564 g/mol. The van der Waals surface area contributed by atoms with Gasteiger partial charge in [-0.3, -0.25) is 24.0 Å². The highest BCUT2D eigenvalue weighted by Gasteiger charge is 2.77. The van der Waals surface area contributed by atoms with Gasteiger partial charge in [0.05, 0.1) is 11.3 Å². The minimum atomic E-state index is -2.28. The number of alkyl halides is 1. The average Bonchev–Trinajstić information content (AvgIpc) is 3.09. The summed E-state index contributed by atoms with van der Waals surface area (Å²) in [5, 5.41) is 10.9. The van der Waals surface area contributed by atoms with Crippen LogP contribution >= 0.6 is 11.6 Å². The van der Waals surface area contributed by atoms with E-state index in [9.17, 15) is 29.1 Å². The fraction of sp³-hybridized carbons (Fsp3) is 0.750. The highest BCUT2D eigenvalue weighted by molar-refractivity contribution is 6.23. The fourth-order valence-electron chi connectivity index (χ4n) is 7.50. The fourth-order valence-corrected chi connectivity index (χ4v) is 7.92. The summed E-state index contributed by atoms with van der Waals surface area (Å²) in [6, 6.07) is 0. The molecule has 1 aliphatic carbocycles. The molecule has 4 fully saturated rings. The monoisotopic (exact) mass is 600 g/mol. The molecule has 228 valence electrons. The third kappa shape index (κ3) is 4.81. The van der Waals surface area contributed by atoms with Crippen molar-refractivity contribution in [2.45, 2.75) is 109 Å². The largest absolute Gasteiger partial charge is 0.462 e. The Morgan fingerprint density at radius 3 is 2.02 bits per heavy atom. The van der Waals surface area contributed by atoms with Crippen molar-refractivity contribution in [3.8, 4) is 0 Å². The Hall–Kier alpha value is -2.70. The van der Waals surface area contributed by atoms with Crippen LogP contribution in [0, 0.1) is 23.2 Å². The van der Waals surface area contributed by atoms with Crippen molar-refractivity contribution in [3.63, 3.8) is 0 Å². The van der Waals surface area contributed by atoms with Gasteiger partial charge in [-0.05, 0) is 6.92 Å². The lowest BCUT2D eigenvalue weighted by Gasteiger charge is -2.63.